The van der Waals surface area contributed by atoms with Crippen molar-refractivity contribution in [2.75, 3.05) is 11.9 Å². The van der Waals surface area contributed by atoms with Crippen molar-refractivity contribution in [2.24, 2.45) is 0 Å². The van der Waals surface area contributed by atoms with Crippen molar-refractivity contribution in [3.63, 3.8) is 0 Å². The maximum Gasteiger partial charge on any atom is 0.0991 e. The van der Waals surface area contributed by atoms with Crippen LogP contribution >= 0.6 is 15.9 Å². The van der Waals surface area contributed by atoms with Crippen LogP contribution in [-0.2, 0) is 13.2 Å². The summed E-state index contributed by atoms with van der Waals surface area (Å²) in [5, 5.41) is 18.0. The molecule has 0 aliphatic rings. The number of aliphatic hydroxyl groups is 1. The van der Waals surface area contributed by atoms with Gasteiger partial charge in [-0.05, 0) is 51.3 Å². The third kappa shape index (κ3) is 3.38. The van der Waals surface area contributed by atoms with Gasteiger partial charge in [-0.25, -0.2) is 0 Å². The van der Waals surface area contributed by atoms with E-state index in [4.69, 9.17) is 10.4 Å². The minimum Gasteiger partial charge on any atom is -0.392 e. The first-order valence-electron chi connectivity index (χ1n) is 6.23. The number of hydrogen-bond donors (Lipinski definition) is 1. The number of hydrogen-bond acceptors (Lipinski definition) is 3. The lowest BCUT2D eigenvalue weighted by Gasteiger charge is -2.21. The highest BCUT2D eigenvalue weighted by atomic mass is 79.9. The zero-order valence-corrected chi connectivity index (χ0v) is 12.8. The standard InChI is InChI=1S/C16H15BrN2O/c1-19(10-13-4-2-3-12(7-13)9-18)16-6-5-14(11-20)8-15(16)17/h2-8,20H,10-11H2,1H3. The van der Waals surface area contributed by atoms with Crippen molar-refractivity contribution in [1.29, 1.82) is 5.26 Å². The monoisotopic (exact) mass is 330 g/mol. The Balaban J connectivity index is 2.19. The Bertz CT molecular complexity index is 649. The second kappa shape index (κ2) is 6.56. The van der Waals surface area contributed by atoms with Gasteiger partial charge in [0.1, 0.15) is 0 Å². The first kappa shape index (κ1) is 14.6. The SMILES string of the molecule is CN(Cc1cccc(C#N)c1)c1ccc(CO)cc1Br. The highest BCUT2D eigenvalue weighted by Gasteiger charge is 2.07. The third-order valence-corrected chi connectivity index (χ3v) is 3.72. The number of halogens is 1. The van der Waals surface area contributed by atoms with Crippen molar-refractivity contribution in [3.8, 4) is 6.07 Å². The van der Waals surface area contributed by atoms with Crippen LogP contribution in [0.5, 0.6) is 0 Å². The van der Waals surface area contributed by atoms with E-state index in [1.807, 2.05) is 43.4 Å². The lowest BCUT2D eigenvalue weighted by atomic mass is 10.1. The predicted octanol–water partition coefficient (Wildman–Crippen LogP) is 3.45. The lowest BCUT2D eigenvalue weighted by Crippen LogP contribution is -2.17. The molecule has 2 aromatic rings. The zero-order valence-electron chi connectivity index (χ0n) is 11.2. The van der Waals surface area contributed by atoms with Crippen LogP contribution in [0.15, 0.2) is 46.9 Å². The Morgan fingerprint density at radius 2 is 2.00 bits per heavy atom. The van der Waals surface area contributed by atoms with Gasteiger partial charge in [0.25, 0.3) is 0 Å². The van der Waals surface area contributed by atoms with Gasteiger partial charge < -0.3 is 10.0 Å². The molecule has 20 heavy (non-hydrogen) atoms. The van der Waals surface area contributed by atoms with Gasteiger partial charge in [-0.1, -0.05) is 18.2 Å². The van der Waals surface area contributed by atoms with Crippen molar-refractivity contribution in [1.82, 2.24) is 0 Å². The second-order valence-corrected chi connectivity index (χ2v) is 5.47. The number of benzene rings is 2. The summed E-state index contributed by atoms with van der Waals surface area (Å²) in [5.41, 5.74) is 3.68. The minimum atomic E-state index is 0.0345. The highest BCUT2D eigenvalue weighted by molar-refractivity contribution is 9.10. The average molecular weight is 331 g/mol. The van der Waals surface area contributed by atoms with Crippen LogP contribution in [0.25, 0.3) is 0 Å². The molecule has 0 saturated carbocycles. The van der Waals surface area contributed by atoms with Gasteiger partial charge in [0.15, 0.2) is 0 Å². The van der Waals surface area contributed by atoms with Gasteiger partial charge in [-0.3, -0.25) is 0 Å². The molecule has 0 bridgehead atoms. The minimum absolute atomic E-state index is 0.0345. The Morgan fingerprint density at radius 1 is 1.20 bits per heavy atom. The molecule has 0 unspecified atom stereocenters. The maximum absolute atomic E-state index is 9.12. The molecule has 0 amide bonds. The van der Waals surface area contributed by atoms with E-state index >= 15 is 0 Å². The molecule has 102 valence electrons. The van der Waals surface area contributed by atoms with Crippen molar-refractivity contribution in [3.05, 3.63) is 63.6 Å². The van der Waals surface area contributed by atoms with Gasteiger partial charge >= 0.3 is 0 Å². The van der Waals surface area contributed by atoms with Gasteiger partial charge in [0.2, 0.25) is 0 Å². The van der Waals surface area contributed by atoms with Crippen LogP contribution in [0.1, 0.15) is 16.7 Å². The van der Waals surface area contributed by atoms with Crippen LogP contribution in [0.2, 0.25) is 0 Å². The summed E-state index contributed by atoms with van der Waals surface area (Å²) < 4.78 is 0.947. The number of rotatable bonds is 4. The first-order chi connectivity index (χ1) is 9.63. The van der Waals surface area contributed by atoms with Gasteiger partial charge in [-0.2, -0.15) is 5.26 Å². The Morgan fingerprint density at radius 3 is 2.65 bits per heavy atom. The second-order valence-electron chi connectivity index (χ2n) is 4.61. The number of anilines is 1. The summed E-state index contributed by atoms with van der Waals surface area (Å²) in [6, 6.07) is 15.5. The fourth-order valence-corrected chi connectivity index (χ4v) is 2.79. The fraction of sp³-hybridized carbons (Fsp3) is 0.188. The molecule has 0 saturated heterocycles. The van der Waals surface area contributed by atoms with Gasteiger partial charge in [0, 0.05) is 18.1 Å². The first-order valence-corrected chi connectivity index (χ1v) is 7.03. The predicted molar refractivity (Wildman–Crippen MR) is 83.3 cm³/mol. The molecule has 4 heteroatoms. The van der Waals surface area contributed by atoms with Gasteiger partial charge in [-0.15, -0.1) is 0 Å². The Hall–Kier alpha value is -1.83. The molecule has 2 rings (SSSR count). The van der Waals surface area contributed by atoms with Crippen LogP contribution < -0.4 is 4.90 Å². The van der Waals surface area contributed by atoms with Crippen LogP contribution in [0.4, 0.5) is 5.69 Å². The van der Waals surface area contributed by atoms with Crippen LogP contribution in [0, 0.1) is 11.3 Å². The number of aliphatic hydroxyl groups excluding tert-OH is 1. The molecule has 0 atom stereocenters. The molecule has 0 radical (unpaired) electrons. The lowest BCUT2D eigenvalue weighted by molar-refractivity contribution is 0.282. The van der Waals surface area contributed by atoms with Crippen LogP contribution in [-0.4, -0.2) is 12.2 Å². The smallest absolute Gasteiger partial charge is 0.0991 e. The highest BCUT2D eigenvalue weighted by Crippen LogP contribution is 2.27. The van der Waals surface area contributed by atoms with E-state index in [-0.39, 0.29) is 6.61 Å². The normalized spacial score (nSPS) is 10.1. The molecule has 0 aliphatic heterocycles. The maximum atomic E-state index is 9.12. The van der Waals surface area contributed by atoms with E-state index in [2.05, 4.69) is 26.9 Å². The van der Waals surface area contributed by atoms with E-state index in [1.54, 1.807) is 6.07 Å². The quantitative estimate of drug-likeness (QED) is 0.933. The van der Waals surface area contributed by atoms with E-state index in [9.17, 15) is 0 Å². The van der Waals surface area contributed by atoms with E-state index in [0.29, 0.717) is 12.1 Å². The molecule has 0 spiro atoms. The number of nitriles is 1. The van der Waals surface area contributed by atoms with E-state index < -0.39 is 0 Å². The van der Waals surface area contributed by atoms with Crippen molar-refractivity contribution in [2.45, 2.75) is 13.2 Å². The summed E-state index contributed by atoms with van der Waals surface area (Å²) in [6.45, 7) is 0.749. The fourth-order valence-electron chi connectivity index (χ4n) is 2.06. The van der Waals surface area contributed by atoms with Crippen molar-refractivity contribution >= 4 is 21.6 Å². The number of nitrogens with zero attached hydrogens (tertiary/aromatic N) is 2. The molecular formula is C16H15BrN2O. The Kier molecular flexibility index (Phi) is 4.78. The largest absolute Gasteiger partial charge is 0.392 e. The van der Waals surface area contributed by atoms with E-state index in [0.717, 1.165) is 21.3 Å². The molecule has 0 heterocycles. The summed E-state index contributed by atoms with van der Waals surface area (Å²) in [7, 11) is 2.00. The third-order valence-electron chi connectivity index (χ3n) is 3.08. The van der Waals surface area contributed by atoms with Crippen LogP contribution in [0.3, 0.4) is 0 Å². The van der Waals surface area contributed by atoms with Crippen molar-refractivity contribution < 1.29 is 5.11 Å². The average Bonchev–Trinajstić information content (AvgIpc) is 2.47. The summed E-state index contributed by atoms with van der Waals surface area (Å²) in [5.74, 6) is 0. The molecule has 0 fully saturated rings. The van der Waals surface area contributed by atoms with E-state index in [1.165, 1.54) is 0 Å². The molecule has 0 aliphatic carbocycles. The Labute approximate surface area is 127 Å². The summed E-state index contributed by atoms with van der Waals surface area (Å²) >= 11 is 3.52. The topological polar surface area (TPSA) is 47.3 Å². The summed E-state index contributed by atoms with van der Waals surface area (Å²) in [6.07, 6.45) is 0. The molecule has 1 N–H and O–H groups in total. The van der Waals surface area contributed by atoms with Gasteiger partial charge in [0.05, 0.1) is 23.9 Å². The zero-order chi connectivity index (χ0) is 14.5. The molecule has 2 aromatic carbocycles. The molecule has 0 aromatic heterocycles. The molecular weight excluding hydrogens is 316 g/mol. The molecule has 3 nitrogen and oxygen atoms in total. The summed E-state index contributed by atoms with van der Waals surface area (Å²) in [4.78, 5) is 2.10.